The molecule has 5 heteroatoms. The average molecular weight is 238 g/mol. The number of terminal acetylenes is 1. The minimum atomic E-state index is -1.13. The summed E-state index contributed by atoms with van der Waals surface area (Å²) in [5.41, 5.74) is 5.06. The first kappa shape index (κ1) is 13.5. The van der Waals surface area contributed by atoms with Gasteiger partial charge >= 0.3 is 5.97 Å². The Labute approximate surface area is 101 Å². The van der Waals surface area contributed by atoms with Crippen molar-refractivity contribution in [2.75, 3.05) is 0 Å². The van der Waals surface area contributed by atoms with Gasteiger partial charge in [0.05, 0.1) is 5.54 Å². The minimum Gasteiger partial charge on any atom is -0.480 e. The average Bonchev–Trinajstić information content (AvgIpc) is 2.29. The lowest BCUT2D eigenvalue weighted by Gasteiger charge is -2.32. The SMILES string of the molecule is C#CCC(NC(=O)C1(N)CCCCC1)C(=O)O. The lowest BCUT2D eigenvalue weighted by Crippen LogP contribution is -2.58. The second-order valence-electron chi connectivity index (χ2n) is 4.49. The van der Waals surface area contributed by atoms with E-state index in [0.717, 1.165) is 19.3 Å². The number of carbonyl (C=O) groups is 2. The molecule has 0 spiro atoms. The first-order valence-electron chi connectivity index (χ1n) is 5.76. The van der Waals surface area contributed by atoms with E-state index in [1.165, 1.54) is 0 Å². The Balaban J connectivity index is 2.63. The van der Waals surface area contributed by atoms with Crippen LogP contribution in [0.1, 0.15) is 38.5 Å². The molecule has 1 fully saturated rings. The number of carboxylic acid groups (broad SMARTS) is 1. The first-order chi connectivity index (χ1) is 7.99. The molecular formula is C12H18N2O3. The molecule has 0 aromatic carbocycles. The molecule has 0 heterocycles. The molecule has 0 saturated heterocycles. The van der Waals surface area contributed by atoms with Gasteiger partial charge in [0.1, 0.15) is 6.04 Å². The summed E-state index contributed by atoms with van der Waals surface area (Å²) in [7, 11) is 0. The highest BCUT2D eigenvalue weighted by atomic mass is 16.4. The van der Waals surface area contributed by atoms with Crippen LogP contribution in [-0.4, -0.2) is 28.6 Å². The Kier molecular flexibility index (Phi) is 4.53. The summed E-state index contributed by atoms with van der Waals surface area (Å²) in [5.74, 6) is 0.702. The molecule has 0 aromatic heterocycles. The van der Waals surface area contributed by atoms with E-state index >= 15 is 0 Å². The van der Waals surface area contributed by atoms with E-state index in [2.05, 4.69) is 11.2 Å². The number of hydrogen-bond donors (Lipinski definition) is 3. The van der Waals surface area contributed by atoms with E-state index in [0.29, 0.717) is 12.8 Å². The quantitative estimate of drug-likeness (QED) is 0.612. The van der Waals surface area contributed by atoms with Gasteiger partial charge in [-0.1, -0.05) is 19.3 Å². The standard InChI is InChI=1S/C12H18N2O3/c1-2-6-9(10(15)16)14-11(17)12(13)7-4-3-5-8-12/h1,9H,3-8,13H2,(H,14,17)(H,15,16). The second kappa shape index (κ2) is 5.69. The highest BCUT2D eigenvalue weighted by Crippen LogP contribution is 2.26. The van der Waals surface area contributed by atoms with Crippen molar-refractivity contribution in [1.82, 2.24) is 5.32 Å². The van der Waals surface area contributed by atoms with Crippen molar-refractivity contribution in [2.45, 2.75) is 50.1 Å². The van der Waals surface area contributed by atoms with E-state index in [-0.39, 0.29) is 6.42 Å². The molecule has 1 saturated carbocycles. The number of nitrogens with two attached hydrogens (primary N) is 1. The molecule has 1 atom stereocenters. The molecule has 1 aliphatic rings. The molecule has 17 heavy (non-hydrogen) atoms. The Bertz CT molecular complexity index is 340. The van der Waals surface area contributed by atoms with Crippen molar-refractivity contribution in [2.24, 2.45) is 5.73 Å². The van der Waals surface area contributed by atoms with Crippen molar-refractivity contribution < 1.29 is 14.7 Å². The Morgan fingerprint density at radius 1 is 1.41 bits per heavy atom. The van der Waals surface area contributed by atoms with Crippen LogP contribution in [0.25, 0.3) is 0 Å². The Morgan fingerprint density at radius 2 is 2.00 bits per heavy atom. The highest BCUT2D eigenvalue weighted by molar-refractivity contribution is 5.90. The zero-order chi connectivity index (χ0) is 12.9. The topological polar surface area (TPSA) is 92.4 Å². The van der Waals surface area contributed by atoms with Crippen LogP contribution >= 0.6 is 0 Å². The van der Waals surface area contributed by atoms with Gasteiger partial charge < -0.3 is 16.2 Å². The van der Waals surface area contributed by atoms with Crippen molar-refractivity contribution in [3.8, 4) is 12.3 Å². The molecule has 1 aliphatic carbocycles. The summed E-state index contributed by atoms with van der Waals surface area (Å²) >= 11 is 0. The third-order valence-electron chi connectivity index (χ3n) is 3.12. The van der Waals surface area contributed by atoms with Gasteiger partial charge in [0, 0.05) is 6.42 Å². The summed E-state index contributed by atoms with van der Waals surface area (Å²) in [6.45, 7) is 0. The molecule has 0 aliphatic heterocycles. The predicted molar refractivity (Wildman–Crippen MR) is 63.0 cm³/mol. The number of carboxylic acids is 1. The van der Waals surface area contributed by atoms with Crippen molar-refractivity contribution in [3.05, 3.63) is 0 Å². The first-order valence-corrected chi connectivity index (χ1v) is 5.76. The normalized spacial score (nSPS) is 20.0. The van der Waals surface area contributed by atoms with Crippen LogP contribution < -0.4 is 11.1 Å². The number of amides is 1. The van der Waals surface area contributed by atoms with Gasteiger partial charge in [0.15, 0.2) is 0 Å². The van der Waals surface area contributed by atoms with Gasteiger partial charge in [-0.15, -0.1) is 12.3 Å². The fourth-order valence-electron chi connectivity index (χ4n) is 2.03. The van der Waals surface area contributed by atoms with Crippen molar-refractivity contribution in [1.29, 1.82) is 0 Å². The Hall–Kier alpha value is -1.54. The summed E-state index contributed by atoms with van der Waals surface area (Å²) in [5, 5.41) is 11.3. The van der Waals surface area contributed by atoms with Gasteiger partial charge in [-0.05, 0) is 12.8 Å². The second-order valence-corrected chi connectivity index (χ2v) is 4.49. The van der Waals surface area contributed by atoms with Crippen LogP contribution in [-0.2, 0) is 9.59 Å². The molecule has 1 amide bonds. The zero-order valence-corrected chi connectivity index (χ0v) is 9.74. The third kappa shape index (κ3) is 3.46. The van der Waals surface area contributed by atoms with Crippen LogP contribution in [0, 0.1) is 12.3 Å². The summed E-state index contributed by atoms with van der Waals surface area (Å²) in [6.07, 6.45) is 9.09. The van der Waals surface area contributed by atoms with Crippen LogP contribution in [0.2, 0.25) is 0 Å². The predicted octanol–water partition coefficient (Wildman–Crippen LogP) is 0.241. The van der Waals surface area contributed by atoms with Gasteiger partial charge in [-0.25, -0.2) is 4.79 Å². The number of rotatable bonds is 4. The van der Waals surface area contributed by atoms with E-state index in [4.69, 9.17) is 17.3 Å². The number of hydrogen-bond acceptors (Lipinski definition) is 3. The fraction of sp³-hybridized carbons (Fsp3) is 0.667. The van der Waals surface area contributed by atoms with Gasteiger partial charge in [0.2, 0.25) is 5.91 Å². The van der Waals surface area contributed by atoms with E-state index in [1.54, 1.807) is 0 Å². The van der Waals surface area contributed by atoms with Crippen molar-refractivity contribution in [3.63, 3.8) is 0 Å². The van der Waals surface area contributed by atoms with Crippen LogP contribution in [0.3, 0.4) is 0 Å². The summed E-state index contributed by atoms with van der Waals surface area (Å²) in [4.78, 5) is 22.8. The highest BCUT2D eigenvalue weighted by Gasteiger charge is 2.37. The number of aliphatic carboxylic acids is 1. The third-order valence-corrected chi connectivity index (χ3v) is 3.12. The summed E-state index contributed by atoms with van der Waals surface area (Å²) < 4.78 is 0. The molecule has 1 unspecified atom stereocenters. The Morgan fingerprint density at radius 3 is 2.47 bits per heavy atom. The smallest absolute Gasteiger partial charge is 0.327 e. The lowest BCUT2D eigenvalue weighted by atomic mass is 9.81. The van der Waals surface area contributed by atoms with Crippen molar-refractivity contribution >= 4 is 11.9 Å². The van der Waals surface area contributed by atoms with Crippen LogP contribution in [0.4, 0.5) is 0 Å². The monoisotopic (exact) mass is 238 g/mol. The molecule has 4 N–H and O–H groups in total. The maximum absolute atomic E-state index is 11.9. The van der Waals surface area contributed by atoms with Gasteiger partial charge in [-0.3, -0.25) is 4.79 Å². The molecule has 1 rings (SSSR count). The van der Waals surface area contributed by atoms with Crippen LogP contribution in [0.15, 0.2) is 0 Å². The zero-order valence-electron chi connectivity index (χ0n) is 9.74. The lowest BCUT2D eigenvalue weighted by molar-refractivity contribution is -0.142. The van der Waals surface area contributed by atoms with Gasteiger partial charge in [0.25, 0.3) is 0 Å². The maximum Gasteiger partial charge on any atom is 0.327 e. The molecular weight excluding hydrogens is 220 g/mol. The molecule has 0 bridgehead atoms. The molecule has 5 nitrogen and oxygen atoms in total. The van der Waals surface area contributed by atoms with E-state index in [1.807, 2.05) is 0 Å². The fourth-order valence-corrected chi connectivity index (χ4v) is 2.03. The molecule has 94 valence electrons. The number of nitrogens with one attached hydrogen (secondary N) is 1. The molecule has 0 aromatic rings. The van der Waals surface area contributed by atoms with Gasteiger partial charge in [-0.2, -0.15) is 0 Å². The molecule has 0 radical (unpaired) electrons. The largest absolute Gasteiger partial charge is 0.480 e. The van der Waals surface area contributed by atoms with E-state index in [9.17, 15) is 9.59 Å². The minimum absolute atomic E-state index is 0.0306. The number of carbonyl (C=O) groups excluding carboxylic acids is 1. The maximum atomic E-state index is 11.9. The summed E-state index contributed by atoms with van der Waals surface area (Å²) in [6, 6.07) is -1.05. The van der Waals surface area contributed by atoms with Crippen LogP contribution in [0.5, 0.6) is 0 Å². The van der Waals surface area contributed by atoms with E-state index < -0.39 is 23.5 Å².